The first-order chi connectivity index (χ1) is 9.84. The third-order valence-corrected chi connectivity index (χ3v) is 5.51. The van der Waals surface area contributed by atoms with Crippen LogP contribution in [0.25, 0.3) is 0 Å². The standard InChI is InChI=1S/C16H17N3S/c1-19-12-9-5-6-10-13(12)20-15-14(17-18-16(15)19)11-7-3-2-4-8-11/h2-10,14-18H,1H3. The first kappa shape index (κ1) is 12.3. The minimum absolute atomic E-state index is 0.320. The number of para-hydroxylation sites is 1. The van der Waals surface area contributed by atoms with Gasteiger partial charge in [0.25, 0.3) is 0 Å². The molecule has 20 heavy (non-hydrogen) atoms. The van der Waals surface area contributed by atoms with Crippen molar-refractivity contribution in [3.05, 3.63) is 60.2 Å². The number of nitrogens with one attached hydrogen (secondary N) is 2. The van der Waals surface area contributed by atoms with Gasteiger partial charge in [-0.05, 0) is 17.7 Å². The second-order valence-corrected chi connectivity index (χ2v) is 6.50. The van der Waals surface area contributed by atoms with E-state index in [0.29, 0.717) is 17.5 Å². The Hall–Kier alpha value is -1.49. The van der Waals surface area contributed by atoms with Gasteiger partial charge in [0.15, 0.2) is 0 Å². The lowest BCUT2D eigenvalue weighted by atomic mass is 10.0. The zero-order valence-corrected chi connectivity index (χ0v) is 12.1. The molecule has 3 atom stereocenters. The molecule has 0 bridgehead atoms. The number of fused-ring (bicyclic) bond motifs is 2. The Kier molecular flexibility index (Phi) is 2.95. The van der Waals surface area contributed by atoms with Crippen molar-refractivity contribution in [2.45, 2.75) is 22.4 Å². The SMILES string of the molecule is CN1c2ccccc2SC2C(c3ccccc3)NNC21. The van der Waals surface area contributed by atoms with Gasteiger partial charge >= 0.3 is 0 Å². The molecular formula is C16H17N3S. The Balaban J connectivity index is 1.71. The Morgan fingerprint density at radius 1 is 0.950 bits per heavy atom. The van der Waals surface area contributed by atoms with Crippen LogP contribution in [0.4, 0.5) is 5.69 Å². The minimum Gasteiger partial charge on any atom is -0.356 e. The molecule has 3 unspecified atom stereocenters. The molecule has 0 aromatic heterocycles. The topological polar surface area (TPSA) is 27.3 Å². The fraction of sp³-hybridized carbons (Fsp3) is 0.250. The van der Waals surface area contributed by atoms with Crippen LogP contribution in [0.1, 0.15) is 11.6 Å². The summed E-state index contributed by atoms with van der Waals surface area (Å²) in [6.45, 7) is 0. The van der Waals surface area contributed by atoms with E-state index in [-0.39, 0.29) is 0 Å². The average Bonchev–Trinajstić information content (AvgIpc) is 2.92. The van der Waals surface area contributed by atoms with Crippen molar-refractivity contribution >= 4 is 17.4 Å². The van der Waals surface area contributed by atoms with Crippen LogP contribution in [0.3, 0.4) is 0 Å². The summed E-state index contributed by atoms with van der Waals surface area (Å²) in [6.07, 6.45) is 0.320. The Morgan fingerprint density at radius 2 is 1.70 bits per heavy atom. The van der Waals surface area contributed by atoms with Crippen molar-refractivity contribution in [1.82, 2.24) is 10.9 Å². The molecule has 2 heterocycles. The van der Waals surface area contributed by atoms with E-state index < -0.39 is 0 Å². The van der Waals surface area contributed by atoms with Crippen LogP contribution in [-0.2, 0) is 0 Å². The number of rotatable bonds is 1. The van der Waals surface area contributed by atoms with Gasteiger partial charge in [0.1, 0.15) is 6.17 Å². The van der Waals surface area contributed by atoms with Crippen LogP contribution in [0, 0.1) is 0 Å². The van der Waals surface area contributed by atoms with Gasteiger partial charge in [0, 0.05) is 11.9 Å². The predicted molar refractivity (Wildman–Crippen MR) is 83.7 cm³/mol. The van der Waals surface area contributed by atoms with Crippen LogP contribution in [0.5, 0.6) is 0 Å². The van der Waals surface area contributed by atoms with Gasteiger partial charge in [-0.3, -0.25) is 0 Å². The highest BCUT2D eigenvalue weighted by molar-refractivity contribution is 8.00. The van der Waals surface area contributed by atoms with Crippen LogP contribution in [-0.4, -0.2) is 18.5 Å². The molecular weight excluding hydrogens is 266 g/mol. The third-order valence-electron chi connectivity index (χ3n) is 4.11. The van der Waals surface area contributed by atoms with Gasteiger partial charge in [-0.2, -0.15) is 0 Å². The van der Waals surface area contributed by atoms with Crippen molar-refractivity contribution in [1.29, 1.82) is 0 Å². The van der Waals surface area contributed by atoms with Crippen LogP contribution >= 0.6 is 11.8 Å². The van der Waals surface area contributed by atoms with Crippen molar-refractivity contribution in [3.63, 3.8) is 0 Å². The van der Waals surface area contributed by atoms with Crippen molar-refractivity contribution in [3.8, 4) is 0 Å². The maximum atomic E-state index is 3.47. The molecule has 0 spiro atoms. The van der Waals surface area contributed by atoms with E-state index in [4.69, 9.17) is 0 Å². The van der Waals surface area contributed by atoms with Crippen molar-refractivity contribution < 1.29 is 0 Å². The maximum Gasteiger partial charge on any atom is 0.106 e. The first-order valence-electron chi connectivity index (χ1n) is 6.89. The summed E-state index contributed by atoms with van der Waals surface area (Å²) in [5.41, 5.74) is 9.57. The summed E-state index contributed by atoms with van der Waals surface area (Å²) in [5.74, 6) is 0. The number of hydrogen-bond acceptors (Lipinski definition) is 4. The molecule has 2 N–H and O–H groups in total. The smallest absolute Gasteiger partial charge is 0.106 e. The van der Waals surface area contributed by atoms with E-state index in [9.17, 15) is 0 Å². The Labute approximate surface area is 123 Å². The number of thioether (sulfide) groups is 1. The molecule has 0 radical (unpaired) electrons. The van der Waals surface area contributed by atoms with Gasteiger partial charge < -0.3 is 4.90 Å². The summed E-state index contributed by atoms with van der Waals surface area (Å²) < 4.78 is 0. The summed E-state index contributed by atoms with van der Waals surface area (Å²) in [4.78, 5) is 3.70. The molecule has 0 saturated carbocycles. The molecule has 0 amide bonds. The van der Waals surface area contributed by atoms with Crippen LogP contribution in [0.2, 0.25) is 0 Å². The second-order valence-electron chi connectivity index (χ2n) is 5.28. The van der Waals surface area contributed by atoms with Crippen LogP contribution in [0.15, 0.2) is 59.5 Å². The average molecular weight is 283 g/mol. The first-order valence-corrected chi connectivity index (χ1v) is 7.77. The van der Waals surface area contributed by atoms with E-state index in [1.165, 1.54) is 16.1 Å². The Bertz CT molecular complexity index is 616. The second kappa shape index (κ2) is 4.81. The highest BCUT2D eigenvalue weighted by atomic mass is 32.2. The summed E-state index contributed by atoms with van der Waals surface area (Å²) in [5, 5.41) is 0.470. The van der Waals surface area contributed by atoms with Gasteiger partial charge in [0.2, 0.25) is 0 Å². The maximum absolute atomic E-state index is 3.47. The molecule has 3 nitrogen and oxygen atoms in total. The fourth-order valence-electron chi connectivity index (χ4n) is 3.05. The third kappa shape index (κ3) is 1.84. The molecule has 2 aliphatic heterocycles. The van der Waals surface area contributed by atoms with E-state index in [0.717, 1.165) is 0 Å². The van der Waals surface area contributed by atoms with Crippen LogP contribution < -0.4 is 15.8 Å². The highest BCUT2D eigenvalue weighted by Crippen LogP contribution is 2.46. The van der Waals surface area contributed by atoms with Crippen molar-refractivity contribution in [2.24, 2.45) is 0 Å². The lowest BCUT2D eigenvalue weighted by molar-refractivity contribution is 0.534. The molecule has 4 rings (SSSR count). The summed E-state index contributed by atoms with van der Waals surface area (Å²) in [7, 11) is 2.16. The molecule has 2 aromatic carbocycles. The van der Waals surface area contributed by atoms with Gasteiger partial charge in [0.05, 0.1) is 17.0 Å². The summed E-state index contributed by atoms with van der Waals surface area (Å²) in [6, 6.07) is 19.6. The van der Waals surface area contributed by atoms with E-state index >= 15 is 0 Å². The van der Waals surface area contributed by atoms with Gasteiger partial charge in [-0.15, -0.1) is 11.8 Å². The lowest BCUT2D eigenvalue weighted by Crippen LogP contribution is -2.48. The molecule has 2 aliphatic rings. The molecule has 1 saturated heterocycles. The van der Waals surface area contributed by atoms with Gasteiger partial charge in [-0.25, -0.2) is 10.9 Å². The molecule has 102 valence electrons. The highest BCUT2D eigenvalue weighted by Gasteiger charge is 2.43. The summed E-state index contributed by atoms with van der Waals surface area (Å²) >= 11 is 1.97. The van der Waals surface area contributed by atoms with E-state index in [1.807, 2.05) is 11.8 Å². The molecule has 4 heteroatoms. The van der Waals surface area contributed by atoms with Crippen molar-refractivity contribution in [2.75, 3.05) is 11.9 Å². The minimum atomic E-state index is 0.320. The fourth-order valence-corrected chi connectivity index (χ4v) is 4.57. The van der Waals surface area contributed by atoms with E-state index in [2.05, 4.69) is 77.4 Å². The largest absolute Gasteiger partial charge is 0.356 e. The zero-order valence-electron chi connectivity index (χ0n) is 11.3. The molecule has 2 aromatic rings. The lowest BCUT2D eigenvalue weighted by Gasteiger charge is -2.37. The Morgan fingerprint density at radius 3 is 2.55 bits per heavy atom. The number of hydrogen-bond donors (Lipinski definition) is 2. The predicted octanol–water partition coefficient (Wildman–Crippen LogP) is 2.77. The quantitative estimate of drug-likeness (QED) is 0.841. The number of nitrogens with zero attached hydrogens (tertiary/aromatic N) is 1. The number of hydrazine groups is 1. The zero-order chi connectivity index (χ0) is 13.5. The monoisotopic (exact) mass is 283 g/mol. The molecule has 1 fully saturated rings. The van der Waals surface area contributed by atoms with E-state index in [1.54, 1.807) is 0 Å². The number of anilines is 1. The van der Waals surface area contributed by atoms with Gasteiger partial charge in [-0.1, -0.05) is 42.5 Å². The number of benzene rings is 2. The molecule has 0 aliphatic carbocycles. The normalized spacial score (nSPS) is 28.1.